The molecule has 3 rings (SSSR count). The van der Waals surface area contributed by atoms with Crippen LogP contribution in [-0.4, -0.2) is 24.2 Å². The highest BCUT2D eigenvalue weighted by Crippen LogP contribution is 2.22. The number of carbonyl (C=O) groups excluding carboxylic acids is 1. The summed E-state index contributed by atoms with van der Waals surface area (Å²) in [5.74, 6) is 1.96. The standard InChI is InChI=1S/C20H25NO4/c1-14-3-5-17(11-15(14)2)24-13-18-12-19(21-25-18)20(22)6-4-16-7-9-23-10-8-16/h3,5,11-12,16H,4,6-10,13H2,1-2H3. The number of aromatic nitrogens is 1. The molecule has 0 aliphatic carbocycles. The lowest BCUT2D eigenvalue weighted by molar-refractivity contribution is 0.0618. The van der Waals surface area contributed by atoms with Crippen molar-refractivity contribution >= 4 is 5.78 Å². The fourth-order valence-electron chi connectivity index (χ4n) is 2.97. The Morgan fingerprint density at radius 3 is 2.76 bits per heavy atom. The molecular formula is C20H25NO4. The molecule has 134 valence electrons. The van der Waals surface area contributed by atoms with Crippen LogP contribution in [0.1, 0.15) is 53.1 Å². The van der Waals surface area contributed by atoms with Gasteiger partial charge in [-0.15, -0.1) is 0 Å². The molecule has 0 saturated carbocycles. The van der Waals surface area contributed by atoms with Gasteiger partial charge in [0.05, 0.1) is 0 Å². The molecule has 0 atom stereocenters. The van der Waals surface area contributed by atoms with Crippen molar-refractivity contribution in [2.75, 3.05) is 13.2 Å². The first-order chi connectivity index (χ1) is 12.1. The summed E-state index contributed by atoms with van der Waals surface area (Å²) in [7, 11) is 0. The molecular weight excluding hydrogens is 318 g/mol. The van der Waals surface area contributed by atoms with E-state index in [1.54, 1.807) is 6.07 Å². The molecule has 25 heavy (non-hydrogen) atoms. The minimum atomic E-state index is 0.0349. The third-order valence-electron chi connectivity index (χ3n) is 4.82. The predicted octanol–water partition coefficient (Wildman–Crippen LogP) is 4.26. The Bertz CT molecular complexity index is 716. The summed E-state index contributed by atoms with van der Waals surface area (Å²) in [6, 6.07) is 7.63. The normalized spacial score (nSPS) is 15.3. The predicted molar refractivity (Wildman–Crippen MR) is 93.9 cm³/mol. The number of rotatable bonds is 7. The number of aryl methyl sites for hydroxylation is 2. The maximum absolute atomic E-state index is 12.3. The van der Waals surface area contributed by atoms with Crippen LogP contribution in [0.25, 0.3) is 0 Å². The Morgan fingerprint density at radius 2 is 2.00 bits per heavy atom. The molecule has 0 bridgehead atoms. The van der Waals surface area contributed by atoms with E-state index < -0.39 is 0 Å². The van der Waals surface area contributed by atoms with Gasteiger partial charge < -0.3 is 14.0 Å². The maximum atomic E-state index is 12.3. The van der Waals surface area contributed by atoms with Gasteiger partial charge in [-0.25, -0.2) is 0 Å². The van der Waals surface area contributed by atoms with Crippen LogP contribution >= 0.6 is 0 Å². The maximum Gasteiger partial charge on any atom is 0.184 e. The molecule has 1 aromatic carbocycles. The number of Topliss-reactive ketones (excluding diaryl/α,β-unsaturated/α-hetero) is 1. The number of benzene rings is 1. The van der Waals surface area contributed by atoms with E-state index in [1.807, 2.05) is 25.1 Å². The molecule has 5 nitrogen and oxygen atoms in total. The third kappa shape index (κ3) is 4.92. The smallest absolute Gasteiger partial charge is 0.184 e. The van der Waals surface area contributed by atoms with Crippen molar-refractivity contribution in [3.8, 4) is 5.75 Å². The number of ketones is 1. The van der Waals surface area contributed by atoms with Crippen LogP contribution < -0.4 is 4.74 Å². The molecule has 2 heterocycles. The van der Waals surface area contributed by atoms with Gasteiger partial charge in [0, 0.05) is 25.7 Å². The van der Waals surface area contributed by atoms with Crippen LogP contribution in [0.4, 0.5) is 0 Å². The Morgan fingerprint density at radius 1 is 1.20 bits per heavy atom. The van der Waals surface area contributed by atoms with Crippen molar-refractivity contribution in [2.45, 2.75) is 46.1 Å². The zero-order valence-electron chi connectivity index (χ0n) is 14.9. The Kier molecular flexibility index (Phi) is 5.87. The minimum absolute atomic E-state index is 0.0349. The quantitative estimate of drug-likeness (QED) is 0.703. The number of carbonyl (C=O) groups is 1. The summed E-state index contributed by atoms with van der Waals surface area (Å²) in [5.41, 5.74) is 2.80. The largest absolute Gasteiger partial charge is 0.486 e. The first kappa shape index (κ1) is 17.7. The molecule has 2 aromatic rings. The second-order valence-electron chi connectivity index (χ2n) is 6.73. The van der Waals surface area contributed by atoms with E-state index in [1.165, 1.54) is 11.1 Å². The monoisotopic (exact) mass is 343 g/mol. The molecule has 1 aliphatic heterocycles. The average Bonchev–Trinajstić information content (AvgIpc) is 3.11. The van der Waals surface area contributed by atoms with Gasteiger partial charge in [-0.05, 0) is 62.3 Å². The summed E-state index contributed by atoms with van der Waals surface area (Å²) >= 11 is 0. The van der Waals surface area contributed by atoms with Gasteiger partial charge in [-0.2, -0.15) is 0 Å². The summed E-state index contributed by atoms with van der Waals surface area (Å²) in [6.07, 6.45) is 3.49. The lowest BCUT2D eigenvalue weighted by Crippen LogP contribution is -2.16. The SMILES string of the molecule is Cc1ccc(OCc2cc(C(=O)CCC3CCOCC3)no2)cc1C. The van der Waals surface area contributed by atoms with Gasteiger partial charge in [-0.1, -0.05) is 11.2 Å². The fourth-order valence-corrected chi connectivity index (χ4v) is 2.97. The van der Waals surface area contributed by atoms with Gasteiger partial charge in [0.2, 0.25) is 0 Å². The molecule has 0 radical (unpaired) electrons. The summed E-state index contributed by atoms with van der Waals surface area (Å²) in [5, 5.41) is 3.89. The topological polar surface area (TPSA) is 61.6 Å². The van der Waals surface area contributed by atoms with Crippen LogP contribution in [0, 0.1) is 19.8 Å². The zero-order valence-corrected chi connectivity index (χ0v) is 14.9. The van der Waals surface area contributed by atoms with Crippen LogP contribution in [0.3, 0.4) is 0 Å². The molecule has 1 aliphatic rings. The Labute approximate surface area is 148 Å². The van der Waals surface area contributed by atoms with E-state index in [9.17, 15) is 4.79 Å². The van der Waals surface area contributed by atoms with Crippen LogP contribution in [0.15, 0.2) is 28.8 Å². The van der Waals surface area contributed by atoms with Crippen molar-refractivity contribution in [1.29, 1.82) is 0 Å². The van der Waals surface area contributed by atoms with Crippen molar-refractivity contribution in [2.24, 2.45) is 5.92 Å². The van der Waals surface area contributed by atoms with Gasteiger partial charge in [0.25, 0.3) is 0 Å². The van der Waals surface area contributed by atoms with Crippen molar-refractivity contribution < 1.29 is 18.8 Å². The zero-order chi connectivity index (χ0) is 17.6. The highest BCUT2D eigenvalue weighted by Gasteiger charge is 2.18. The number of hydrogen-bond acceptors (Lipinski definition) is 5. The van der Waals surface area contributed by atoms with E-state index in [-0.39, 0.29) is 12.4 Å². The second kappa shape index (κ2) is 8.30. The number of hydrogen-bond donors (Lipinski definition) is 0. The van der Waals surface area contributed by atoms with E-state index in [4.69, 9.17) is 14.0 Å². The van der Waals surface area contributed by atoms with Crippen LogP contribution in [0.5, 0.6) is 5.75 Å². The van der Waals surface area contributed by atoms with E-state index in [0.717, 1.165) is 38.2 Å². The van der Waals surface area contributed by atoms with Gasteiger partial charge in [0.15, 0.2) is 11.5 Å². The lowest BCUT2D eigenvalue weighted by Gasteiger charge is -2.21. The number of ether oxygens (including phenoxy) is 2. The fraction of sp³-hybridized carbons (Fsp3) is 0.500. The minimum Gasteiger partial charge on any atom is -0.486 e. The van der Waals surface area contributed by atoms with Crippen LogP contribution in [-0.2, 0) is 11.3 Å². The second-order valence-corrected chi connectivity index (χ2v) is 6.73. The van der Waals surface area contributed by atoms with Crippen LogP contribution in [0.2, 0.25) is 0 Å². The molecule has 1 fully saturated rings. The number of nitrogens with zero attached hydrogens (tertiary/aromatic N) is 1. The highest BCUT2D eigenvalue weighted by molar-refractivity contribution is 5.94. The van der Waals surface area contributed by atoms with Gasteiger partial charge in [0.1, 0.15) is 18.1 Å². The molecule has 0 N–H and O–H groups in total. The molecule has 5 heteroatoms. The molecule has 0 spiro atoms. The van der Waals surface area contributed by atoms with Crippen molar-refractivity contribution in [1.82, 2.24) is 5.16 Å². The molecule has 1 aromatic heterocycles. The first-order valence-electron chi connectivity index (χ1n) is 8.88. The molecule has 0 amide bonds. The summed E-state index contributed by atoms with van der Waals surface area (Å²) < 4.78 is 16.3. The average molecular weight is 343 g/mol. The summed E-state index contributed by atoms with van der Waals surface area (Å²) in [6.45, 7) is 5.99. The molecule has 1 saturated heterocycles. The van der Waals surface area contributed by atoms with E-state index >= 15 is 0 Å². The first-order valence-corrected chi connectivity index (χ1v) is 8.88. The highest BCUT2D eigenvalue weighted by atomic mass is 16.5. The van der Waals surface area contributed by atoms with Gasteiger partial charge >= 0.3 is 0 Å². The summed E-state index contributed by atoms with van der Waals surface area (Å²) in [4.78, 5) is 12.3. The van der Waals surface area contributed by atoms with Crippen molar-refractivity contribution in [3.63, 3.8) is 0 Å². The lowest BCUT2D eigenvalue weighted by atomic mass is 9.93. The van der Waals surface area contributed by atoms with Gasteiger partial charge in [-0.3, -0.25) is 4.79 Å². The third-order valence-corrected chi connectivity index (χ3v) is 4.82. The van der Waals surface area contributed by atoms with E-state index in [0.29, 0.717) is 23.8 Å². The van der Waals surface area contributed by atoms with E-state index in [2.05, 4.69) is 12.1 Å². The van der Waals surface area contributed by atoms with Crippen molar-refractivity contribution in [3.05, 3.63) is 46.8 Å². The Hall–Kier alpha value is -2.14. The Balaban J connectivity index is 1.49. The molecule has 0 unspecified atom stereocenters.